The third-order valence-electron chi connectivity index (χ3n) is 4.39. The zero-order valence-corrected chi connectivity index (χ0v) is 13.3. The smallest absolute Gasteiger partial charge is 0.273 e. The third kappa shape index (κ3) is 2.89. The number of hydrogen-bond donors (Lipinski definition) is 2. The molecule has 0 aliphatic heterocycles. The van der Waals surface area contributed by atoms with Crippen molar-refractivity contribution in [1.29, 1.82) is 0 Å². The van der Waals surface area contributed by atoms with E-state index in [2.05, 4.69) is 14.9 Å². The first kappa shape index (κ1) is 15.1. The molecule has 116 valence electrons. The van der Waals surface area contributed by atoms with Crippen LogP contribution in [-0.2, 0) is 0 Å². The van der Waals surface area contributed by atoms with Gasteiger partial charge in [0, 0.05) is 12.0 Å². The predicted octanol–water partition coefficient (Wildman–Crippen LogP) is 2.41. The van der Waals surface area contributed by atoms with Crippen molar-refractivity contribution in [2.24, 2.45) is 5.41 Å². The normalized spacial score (nSPS) is 16.1. The first-order valence-corrected chi connectivity index (χ1v) is 8.19. The lowest BCUT2D eigenvalue weighted by Gasteiger charge is -2.40. The van der Waals surface area contributed by atoms with Gasteiger partial charge in [-0.15, -0.1) is 5.10 Å². The van der Waals surface area contributed by atoms with Crippen molar-refractivity contribution in [1.82, 2.24) is 14.9 Å². The van der Waals surface area contributed by atoms with Gasteiger partial charge in [-0.05, 0) is 36.9 Å². The van der Waals surface area contributed by atoms with Crippen molar-refractivity contribution >= 4 is 17.4 Å². The molecule has 0 unspecified atom stereocenters. The maximum atomic E-state index is 12.4. The van der Waals surface area contributed by atoms with Gasteiger partial charge in [0.25, 0.3) is 5.91 Å². The summed E-state index contributed by atoms with van der Waals surface area (Å²) in [6.45, 7) is 2.63. The average molecular weight is 317 g/mol. The van der Waals surface area contributed by atoms with Crippen molar-refractivity contribution in [3.63, 3.8) is 0 Å². The average Bonchev–Trinajstić information content (AvgIpc) is 2.96. The van der Waals surface area contributed by atoms with Gasteiger partial charge in [-0.1, -0.05) is 40.7 Å². The summed E-state index contributed by atoms with van der Waals surface area (Å²) in [4.78, 5) is 13.2. The molecule has 1 aromatic heterocycles. The number of aliphatic hydroxyl groups is 1. The molecular weight excluding hydrogens is 298 g/mol. The summed E-state index contributed by atoms with van der Waals surface area (Å²) in [6, 6.07) is 7.96. The Labute approximate surface area is 133 Å². The number of aromatic nitrogens is 2. The van der Waals surface area contributed by atoms with Gasteiger partial charge in [0.05, 0.1) is 11.5 Å². The lowest BCUT2D eigenvalue weighted by molar-refractivity contribution is 0.0428. The first-order chi connectivity index (χ1) is 10.6. The second-order valence-corrected chi connectivity index (χ2v) is 6.77. The lowest BCUT2D eigenvalue weighted by atomic mass is 9.69. The Kier molecular flexibility index (Phi) is 4.22. The molecule has 1 aliphatic carbocycles. The molecular formula is C16H19N3O2S. The quantitative estimate of drug-likeness (QED) is 0.888. The monoisotopic (exact) mass is 317 g/mol. The maximum absolute atomic E-state index is 12.4. The van der Waals surface area contributed by atoms with Crippen molar-refractivity contribution in [3.05, 3.63) is 35.5 Å². The molecule has 6 heteroatoms. The van der Waals surface area contributed by atoms with Crippen LogP contribution in [0, 0.1) is 12.3 Å². The van der Waals surface area contributed by atoms with Gasteiger partial charge in [-0.2, -0.15) is 0 Å². The lowest BCUT2D eigenvalue weighted by Crippen LogP contribution is -2.44. The molecule has 0 radical (unpaired) electrons. The van der Waals surface area contributed by atoms with Gasteiger partial charge < -0.3 is 10.4 Å². The van der Waals surface area contributed by atoms with Gasteiger partial charge in [-0.25, -0.2) is 0 Å². The highest BCUT2D eigenvalue weighted by Gasteiger charge is 2.36. The molecule has 3 rings (SSSR count). The summed E-state index contributed by atoms with van der Waals surface area (Å²) in [6.07, 6.45) is 3.04. The Morgan fingerprint density at radius 1 is 1.36 bits per heavy atom. The molecule has 0 saturated heterocycles. The minimum atomic E-state index is -0.218. The molecule has 1 aliphatic rings. The van der Waals surface area contributed by atoms with Gasteiger partial charge in [-0.3, -0.25) is 4.79 Å². The largest absolute Gasteiger partial charge is 0.396 e. The zero-order valence-electron chi connectivity index (χ0n) is 12.5. The molecule has 22 heavy (non-hydrogen) atoms. The number of rotatable bonds is 5. The van der Waals surface area contributed by atoms with Crippen molar-refractivity contribution in [2.75, 3.05) is 13.2 Å². The minimum absolute atomic E-state index is 0.118. The summed E-state index contributed by atoms with van der Waals surface area (Å²) < 4.78 is 3.92. The Morgan fingerprint density at radius 2 is 2.09 bits per heavy atom. The van der Waals surface area contributed by atoms with E-state index in [0.717, 1.165) is 29.7 Å². The number of hydrogen-bond acceptors (Lipinski definition) is 5. The van der Waals surface area contributed by atoms with E-state index in [9.17, 15) is 9.90 Å². The van der Waals surface area contributed by atoms with Crippen LogP contribution in [0.5, 0.6) is 0 Å². The van der Waals surface area contributed by atoms with Crippen molar-refractivity contribution in [3.8, 4) is 10.4 Å². The number of carbonyl (C=O) groups excluding carboxylic acids is 1. The van der Waals surface area contributed by atoms with Crippen LogP contribution in [0.2, 0.25) is 0 Å². The molecule has 0 spiro atoms. The molecule has 5 nitrogen and oxygen atoms in total. The third-order valence-corrected chi connectivity index (χ3v) is 5.17. The van der Waals surface area contributed by atoms with Crippen LogP contribution in [-0.4, -0.2) is 33.8 Å². The van der Waals surface area contributed by atoms with Crippen LogP contribution in [0.15, 0.2) is 24.3 Å². The van der Waals surface area contributed by atoms with Crippen molar-refractivity contribution < 1.29 is 9.90 Å². The van der Waals surface area contributed by atoms with Gasteiger partial charge >= 0.3 is 0 Å². The van der Waals surface area contributed by atoms with Crippen LogP contribution >= 0.6 is 11.5 Å². The Balaban J connectivity index is 1.74. The molecule has 0 atom stereocenters. The number of aliphatic hydroxyl groups excluding tert-OH is 1. The summed E-state index contributed by atoms with van der Waals surface area (Å²) >= 11 is 1.22. The van der Waals surface area contributed by atoms with Crippen LogP contribution in [0.1, 0.15) is 35.3 Å². The molecule has 0 bridgehead atoms. The summed E-state index contributed by atoms with van der Waals surface area (Å²) in [5.74, 6) is -0.218. The molecule has 1 fully saturated rings. The molecule has 1 saturated carbocycles. The van der Waals surface area contributed by atoms with E-state index < -0.39 is 0 Å². The van der Waals surface area contributed by atoms with Gasteiger partial charge in [0.15, 0.2) is 5.69 Å². The van der Waals surface area contributed by atoms with E-state index in [1.165, 1.54) is 17.1 Å². The van der Waals surface area contributed by atoms with Crippen molar-refractivity contribution in [2.45, 2.75) is 26.2 Å². The maximum Gasteiger partial charge on any atom is 0.273 e. The Bertz CT molecular complexity index is 657. The Hall–Kier alpha value is -1.79. The number of aryl methyl sites for hydroxylation is 1. The summed E-state index contributed by atoms with van der Waals surface area (Å²) in [5.41, 5.74) is 2.35. The predicted molar refractivity (Wildman–Crippen MR) is 85.8 cm³/mol. The fourth-order valence-electron chi connectivity index (χ4n) is 2.65. The van der Waals surface area contributed by atoms with E-state index in [0.29, 0.717) is 12.2 Å². The molecule has 1 heterocycles. The van der Waals surface area contributed by atoms with Crippen LogP contribution in [0.25, 0.3) is 10.4 Å². The topological polar surface area (TPSA) is 75.1 Å². The standard InChI is InChI=1S/C16H19N3O2S/c1-11-3-5-12(6-4-11)14-13(18-19-22-14)15(21)17-9-16(10-20)7-2-8-16/h3-6,20H,2,7-10H2,1H3,(H,17,21). The highest BCUT2D eigenvalue weighted by atomic mass is 32.1. The summed E-state index contributed by atoms with van der Waals surface area (Å²) in [5, 5.41) is 16.3. The number of benzene rings is 1. The first-order valence-electron chi connectivity index (χ1n) is 7.42. The van der Waals surface area contributed by atoms with E-state index in [4.69, 9.17) is 0 Å². The van der Waals surface area contributed by atoms with Crippen LogP contribution in [0.4, 0.5) is 0 Å². The highest BCUT2D eigenvalue weighted by Crippen LogP contribution is 2.39. The second kappa shape index (κ2) is 6.14. The summed E-state index contributed by atoms with van der Waals surface area (Å²) in [7, 11) is 0. The molecule has 1 aromatic carbocycles. The number of nitrogens with one attached hydrogen (secondary N) is 1. The van der Waals surface area contributed by atoms with Crippen LogP contribution < -0.4 is 5.32 Å². The minimum Gasteiger partial charge on any atom is -0.396 e. The van der Waals surface area contributed by atoms with Gasteiger partial charge in [0.2, 0.25) is 0 Å². The number of amides is 1. The van der Waals surface area contributed by atoms with E-state index in [-0.39, 0.29) is 17.9 Å². The molecule has 2 N–H and O–H groups in total. The second-order valence-electron chi connectivity index (χ2n) is 6.01. The van der Waals surface area contributed by atoms with E-state index in [1.807, 2.05) is 31.2 Å². The molecule has 1 amide bonds. The van der Waals surface area contributed by atoms with Gasteiger partial charge in [0.1, 0.15) is 0 Å². The zero-order chi connectivity index (χ0) is 15.6. The fraction of sp³-hybridized carbons (Fsp3) is 0.438. The fourth-order valence-corrected chi connectivity index (χ4v) is 3.32. The van der Waals surface area contributed by atoms with Crippen LogP contribution in [0.3, 0.4) is 0 Å². The SMILES string of the molecule is Cc1ccc(-c2snnc2C(=O)NCC2(CO)CCC2)cc1. The highest BCUT2D eigenvalue weighted by molar-refractivity contribution is 7.09. The van der Waals surface area contributed by atoms with E-state index in [1.54, 1.807) is 0 Å². The number of carbonyl (C=O) groups is 1. The van der Waals surface area contributed by atoms with E-state index >= 15 is 0 Å². The molecule has 2 aromatic rings. The number of nitrogens with zero attached hydrogens (tertiary/aromatic N) is 2. The Morgan fingerprint density at radius 3 is 2.68 bits per heavy atom.